The molecule has 7 nitrogen and oxygen atoms in total. The van der Waals surface area contributed by atoms with Gasteiger partial charge in [0.05, 0.1) is 16.6 Å². The van der Waals surface area contributed by atoms with Gasteiger partial charge < -0.3 is 10.3 Å². The average Bonchev–Trinajstić information content (AvgIpc) is 3.24. The van der Waals surface area contributed by atoms with Crippen molar-refractivity contribution in [3.63, 3.8) is 0 Å². The summed E-state index contributed by atoms with van der Waals surface area (Å²) in [5.74, 6) is -2.05. The highest BCUT2D eigenvalue weighted by Crippen LogP contribution is 2.23. The van der Waals surface area contributed by atoms with Crippen molar-refractivity contribution in [2.24, 2.45) is 0 Å². The van der Waals surface area contributed by atoms with Crippen LogP contribution in [-0.2, 0) is 11.8 Å². The van der Waals surface area contributed by atoms with E-state index < -0.39 is 23.4 Å². The fourth-order valence-electron chi connectivity index (χ4n) is 3.20. The Hall–Kier alpha value is -3.43. The molecule has 1 amide bonds. The van der Waals surface area contributed by atoms with Crippen molar-refractivity contribution in [2.45, 2.75) is 32.6 Å². The molecular weight excluding hydrogens is 397 g/mol. The summed E-state index contributed by atoms with van der Waals surface area (Å²) in [6.07, 6.45) is 1.54. The van der Waals surface area contributed by atoms with Gasteiger partial charge in [-0.25, -0.2) is 18.2 Å². The predicted molar refractivity (Wildman–Crippen MR) is 104 cm³/mol. The average molecular weight is 416 g/mol. The van der Waals surface area contributed by atoms with E-state index in [9.17, 15) is 18.0 Å². The molecule has 4 rings (SSSR count). The van der Waals surface area contributed by atoms with Gasteiger partial charge in [-0.2, -0.15) is 0 Å². The normalized spacial score (nSPS) is 12.1. The van der Waals surface area contributed by atoms with Crippen LogP contribution in [0.2, 0.25) is 0 Å². The molecule has 0 unspecified atom stereocenters. The van der Waals surface area contributed by atoms with Crippen molar-refractivity contribution in [3.8, 4) is 0 Å². The topological polar surface area (TPSA) is 88.0 Å². The number of H-pyrrole nitrogens is 1. The number of hydrogen-bond donors (Lipinski definition) is 2. The number of fused-ring (bicyclic) bond motifs is 2. The van der Waals surface area contributed by atoms with Gasteiger partial charge in [-0.1, -0.05) is 20.8 Å². The lowest BCUT2D eigenvalue weighted by atomic mass is 9.96. The maximum absolute atomic E-state index is 14.1. The number of carbonyl (C=O) groups is 1. The van der Waals surface area contributed by atoms with Crippen molar-refractivity contribution in [2.75, 3.05) is 6.54 Å². The molecule has 156 valence electrons. The number of hydrogen-bond acceptors (Lipinski definition) is 4. The molecule has 10 heteroatoms. The summed E-state index contributed by atoms with van der Waals surface area (Å²) in [6, 6.07) is 3.14. The number of nitrogens with zero attached hydrogens (tertiary/aromatic N) is 4. The highest BCUT2D eigenvalue weighted by molar-refractivity contribution is 5.99. The van der Waals surface area contributed by atoms with Gasteiger partial charge in [0, 0.05) is 36.7 Å². The van der Waals surface area contributed by atoms with E-state index >= 15 is 0 Å². The fraction of sp³-hybridized carbons (Fsp3) is 0.300. The van der Waals surface area contributed by atoms with Crippen molar-refractivity contribution < 1.29 is 18.0 Å². The van der Waals surface area contributed by atoms with Gasteiger partial charge in [0.2, 0.25) is 0 Å². The molecule has 0 spiro atoms. The van der Waals surface area contributed by atoms with Crippen LogP contribution in [-0.4, -0.2) is 37.0 Å². The molecule has 0 radical (unpaired) electrons. The number of rotatable bonds is 4. The molecular formula is C20H19F3N6O. The molecule has 30 heavy (non-hydrogen) atoms. The Morgan fingerprint density at radius 3 is 2.60 bits per heavy atom. The Morgan fingerprint density at radius 2 is 1.87 bits per heavy atom. The molecule has 1 aromatic carbocycles. The summed E-state index contributed by atoms with van der Waals surface area (Å²) >= 11 is 0. The number of aromatic nitrogens is 5. The minimum absolute atomic E-state index is 0.0618. The summed E-state index contributed by atoms with van der Waals surface area (Å²) in [5, 5.41) is 10.8. The second-order valence-corrected chi connectivity index (χ2v) is 8.01. The minimum Gasteiger partial charge on any atom is -0.351 e. The smallest absolute Gasteiger partial charge is 0.255 e. The van der Waals surface area contributed by atoms with E-state index in [1.165, 1.54) is 10.6 Å². The lowest BCUT2D eigenvalue weighted by Gasteiger charge is -2.16. The summed E-state index contributed by atoms with van der Waals surface area (Å²) in [5.41, 5.74) is 0.585. The van der Waals surface area contributed by atoms with Crippen molar-refractivity contribution in [1.82, 2.24) is 29.9 Å². The number of benzene rings is 1. The summed E-state index contributed by atoms with van der Waals surface area (Å²) in [4.78, 5) is 19.7. The van der Waals surface area contributed by atoms with Crippen LogP contribution in [0.25, 0.3) is 16.7 Å². The van der Waals surface area contributed by atoms with Crippen LogP contribution in [0.4, 0.5) is 13.2 Å². The van der Waals surface area contributed by atoms with Crippen molar-refractivity contribution in [1.29, 1.82) is 0 Å². The van der Waals surface area contributed by atoms with Gasteiger partial charge in [0.25, 0.3) is 5.91 Å². The van der Waals surface area contributed by atoms with Gasteiger partial charge >= 0.3 is 0 Å². The Kier molecular flexibility index (Phi) is 4.71. The fourth-order valence-corrected chi connectivity index (χ4v) is 3.20. The molecule has 0 aliphatic rings. The summed E-state index contributed by atoms with van der Waals surface area (Å²) in [7, 11) is 0. The quantitative estimate of drug-likeness (QED) is 0.534. The Balaban J connectivity index is 1.52. The van der Waals surface area contributed by atoms with Gasteiger partial charge in [-0.05, 0) is 6.07 Å². The predicted octanol–water partition coefficient (Wildman–Crippen LogP) is 3.29. The third-order valence-electron chi connectivity index (χ3n) is 4.61. The van der Waals surface area contributed by atoms with Crippen LogP contribution < -0.4 is 5.32 Å². The first-order valence-corrected chi connectivity index (χ1v) is 9.30. The van der Waals surface area contributed by atoms with E-state index in [-0.39, 0.29) is 29.6 Å². The number of nitrogens with one attached hydrogen (secondary N) is 2. The number of aromatic amines is 1. The van der Waals surface area contributed by atoms with Crippen LogP contribution in [0.15, 0.2) is 24.4 Å². The number of amides is 1. The molecule has 3 heterocycles. The van der Waals surface area contributed by atoms with Crippen LogP contribution in [0.3, 0.4) is 0 Å². The third kappa shape index (κ3) is 3.60. The number of pyridine rings is 1. The Labute approximate surface area is 169 Å². The maximum atomic E-state index is 14.1. The second-order valence-electron chi connectivity index (χ2n) is 8.01. The third-order valence-corrected chi connectivity index (χ3v) is 4.61. The van der Waals surface area contributed by atoms with Crippen LogP contribution in [0.5, 0.6) is 0 Å². The molecule has 0 bridgehead atoms. The molecule has 3 aromatic heterocycles. The van der Waals surface area contributed by atoms with Gasteiger partial charge in [-0.15, -0.1) is 10.2 Å². The summed E-state index contributed by atoms with van der Waals surface area (Å²) < 4.78 is 42.2. The van der Waals surface area contributed by atoms with E-state index in [1.54, 1.807) is 0 Å². The van der Waals surface area contributed by atoms with Gasteiger partial charge in [0.1, 0.15) is 17.5 Å². The molecule has 0 aliphatic heterocycles. The van der Waals surface area contributed by atoms with Crippen molar-refractivity contribution in [3.05, 3.63) is 59.1 Å². The van der Waals surface area contributed by atoms with E-state index in [4.69, 9.17) is 0 Å². The zero-order valence-electron chi connectivity index (χ0n) is 16.6. The Bertz CT molecular complexity index is 1230. The van der Waals surface area contributed by atoms with Crippen LogP contribution in [0.1, 0.15) is 42.8 Å². The zero-order chi connectivity index (χ0) is 21.6. The summed E-state index contributed by atoms with van der Waals surface area (Å²) in [6.45, 7) is 5.92. The van der Waals surface area contributed by atoms with E-state index in [0.29, 0.717) is 22.7 Å². The van der Waals surface area contributed by atoms with E-state index in [1.807, 2.05) is 20.8 Å². The molecule has 0 atom stereocenters. The molecule has 4 aromatic rings. The van der Waals surface area contributed by atoms with E-state index in [0.717, 1.165) is 18.2 Å². The number of imidazole rings is 1. The van der Waals surface area contributed by atoms with Gasteiger partial charge in [0.15, 0.2) is 17.3 Å². The molecule has 0 aliphatic carbocycles. The monoisotopic (exact) mass is 416 g/mol. The van der Waals surface area contributed by atoms with Crippen molar-refractivity contribution >= 4 is 22.6 Å². The molecule has 0 fully saturated rings. The largest absolute Gasteiger partial charge is 0.351 e. The number of carbonyl (C=O) groups excluding carboxylic acids is 1. The zero-order valence-corrected chi connectivity index (χ0v) is 16.6. The van der Waals surface area contributed by atoms with E-state index in [2.05, 4.69) is 25.5 Å². The standard InChI is InChI=1S/C20H19F3N6O/c1-20(2,3)19-28-27-17-11(6-10(21)9-29(17)19)18(30)24-5-4-16-25-14-7-12(22)13(23)8-15(14)26-16/h6-9H,4-5H2,1-3H3,(H,24,30)(H,25,26). The second kappa shape index (κ2) is 7.12. The highest BCUT2D eigenvalue weighted by Gasteiger charge is 2.24. The molecule has 0 saturated carbocycles. The van der Waals surface area contributed by atoms with Crippen LogP contribution >= 0.6 is 0 Å². The molecule has 2 N–H and O–H groups in total. The SMILES string of the molecule is CC(C)(C)c1nnc2c(C(=O)NCCc3nc4cc(F)c(F)cc4[nH]3)cc(F)cn12. The Morgan fingerprint density at radius 1 is 1.13 bits per heavy atom. The lowest BCUT2D eigenvalue weighted by Crippen LogP contribution is -2.27. The first-order valence-electron chi connectivity index (χ1n) is 9.30. The van der Waals surface area contributed by atoms with Crippen LogP contribution in [0, 0.1) is 17.5 Å². The van der Waals surface area contributed by atoms with Gasteiger partial charge in [-0.3, -0.25) is 9.20 Å². The number of halogens is 3. The molecule has 0 saturated heterocycles. The minimum atomic E-state index is -0.980. The maximum Gasteiger partial charge on any atom is 0.255 e. The first kappa shape index (κ1) is 19.9. The highest BCUT2D eigenvalue weighted by atomic mass is 19.2. The lowest BCUT2D eigenvalue weighted by molar-refractivity contribution is 0.0954. The first-order chi connectivity index (χ1) is 14.1.